The molecule has 3 atom stereocenters. The Labute approximate surface area is 147 Å². The van der Waals surface area contributed by atoms with E-state index in [0.717, 1.165) is 32.2 Å². The summed E-state index contributed by atoms with van der Waals surface area (Å²) >= 11 is 1.68. The monoisotopic (exact) mass is 350 g/mol. The second-order valence-corrected chi connectivity index (χ2v) is 8.38. The molecule has 1 saturated carbocycles. The summed E-state index contributed by atoms with van der Waals surface area (Å²) in [6.45, 7) is 2.91. The Balaban J connectivity index is 1.38. The summed E-state index contributed by atoms with van der Waals surface area (Å²) in [5, 5.41) is 5.16. The van der Waals surface area contributed by atoms with Crippen LogP contribution in [0.1, 0.15) is 30.6 Å². The minimum absolute atomic E-state index is 0.0627. The third kappa shape index (κ3) is 3.25. The fraction of sp³-hybridized carbons (Fsp3) is 0.722. The van der Waals surface area contributed by atoms with Gasteiger partial charge in [-0.05, 0) is 37.3 Å². The molecule has 0 radical (unpaired) electrons. The molecule has 24 heavy (non-hydrogen) atoms. The van der Waals surface area contributed by atoms with Crippen molar-refractivity contribution in [3.63, 3.8) is 0 Å². The van der Waals surface area contributed by atoms with E-state index in [1.807, 2.05) is 11.4 Å². The molecule has 1 N–H and O–H groups in total. The highest BCUT2D eigenvalue weighted by molar-refractivity contribution is 7.09. The van der Waals surface area contributed by atoms with Gasteiger partial charge < -0.3 is 19.7 Å². The van der Waals surface area contributed by atoms with Gasteiger partial charge in [-0.15, -0.1) is 11.3 Å². The summed E-state index contributed by atoms with van der Waals surface area (Å²) in [6, 6.07) is 4.65. The molecule has 1 amide bonds. The quantitative estimate of drug-likeness (QED) is 0.908. The van der Waals surface area contributed by atoms with Gasteiger partial charge in [-0.1, -0.05) is 6.07 Å². The van der Waals surface area contributed by atoms with Crippen molar-refractivity contribution in [1.82, 2.24) is 10.2 Å². The fourth-order valence-corrected chi connectivity index (χ4v) is 5.31. The molecule has 1 spiro atoms. The van der Waals surface area contributed by atoms with E-state index in [2.05, 4.69) is 23.3 Å². The van der Waals surface area contributed by atoms with Crippen LogP contribution in [-0.2, 0) is 20.8 Å². The molecule has 2 aliphatic heterocycles. The number of fused-ring (bicyclic) bond motifs is 1. The lowest BCUT2D eigenvalue weighted by Crippen LogP contribution is -2.55. The molecule has 0 unspecified atom stereocenters. The maximum absolute atomic E-state index is 12.6. The second-order valence-electron chi connectivity index (χ2n) is 7.35. The molecule has 6 heteroatoms. The number of likely N-dealkylation sites (tertiary alicyclic amines) is 1. The standard InChI is InChI=1S/C18H26N2O3S/c1-20-12-14(17(21)19-11-15-3-2-8-24-15)9-13-10-18(5-4-16(13)20)22-6-7-23-18/h2-3,8,13-14,16H,4-7,9-12H2,1H3,(H,19,21)/t13-,14-,16-/m1/s1. The number of nitrogens with one attached hydrogen (secondary N) is 1. The number of carbonyl (C=O) groups is 1. The number of rotatable bonds is 3. The Morgan fingerprint density at radius 1 is 1.46 bits per heavy atom. The molecular formula is C18H26N2O3S. The van der Waals surface area contributed by atoms with Gasteiger partial charge in [0.25, 0.3) is 0 Å². The normalized spacial score (nSPS) is 32.6. The van der Waals surface area contributed by atoms with Crippen molar-refractivity contribution in [3.05, 3.63) is 22.4 Å². The third-order valence-corrected chi connectivity index (χ3v) is 6.68. The van der Waals surface area contributed by atoms with E-state index in [1.54, 1.807) is 11.3 Å². The van der Waals surface area contributed by atoms with Gasteiger partial charge in [0.2, 0.25) is 5.91 Å². The van der Waals surface area contributed by atoms with E-state index >= 15 is 0 Å². The number of hydrogen-bond donors (Lipinski definition) is 1. The van der Waals surface area contributed by atoms with Crippen LogP contribution < -0.4 is 5.32 Å². The molecule has 3 heterocycles. The lowest BCUT2D eigenvalue weighted by atomic mass is 9.72. The fourth-order valence-electron chi connectivity index (χ4n) is 4.67. The minimum Gasteiger partial charge on any atom is -0.351 e. The van der Waals surface area contributed by atoms with E-state index in [0.29, 0.717) is 31.7 Å². The number of piperidine rings is 1. The first-order chi connectivity index (χ1) is 11.7. The van der Waals surface area contributed by atoms with Gasteiger partial charge in [0, 0.05) is 30.3 Å². The Hall–Kier alpha value is -0.950. The van der Waals surface area contributed by atoms with Gasteiger partial charge in [-0.2, -0.15) is 0 Å². The van der Waals surface area contributed by atoms with Crippen molar-refractivity contribution in [3.8, 4) is 0 Å². The first kappa shape index (κ1) is 16.5. The predicted octanol–water partition coefficient (Wildman–Crippen LogP) is 2.23. The molecule has 3 fully saturated rings. The van der Waals surface area contributed by atoms with Gasteiger partial charge in [0.05, 0.1) is 25.7 Å². The maximum atomic E-state index is 12.6. The highest BCUT2D eigenvalue weighted by Crippen LogP contribution is 2.44. The largest absolute Gasteiger partial charge is 0.351 e. The Bertz CT molecular complexity index is 571. The summed E-state index contributed by atoms with van der Waals surface area (Å²) in [7, 11) is 2.16. The molecular weight excluding hydrogens is 324 g/mol. The summed E-state index contributed by atoms with van der Waals surface area (Å²) in [5.41, 5.74) is 0. The zero-order valence-electron chi connectivity index (χ0n) is 14.2. The molecule has 3 aliphatic rings. The van der Waals surface area contributed by atoms with Crippen LogP contribution in [0.4, 0.5) is 0 Å². The Kier molecular flexibility index (Phi) is 4.64. The molecule has 132 valence electrons. The van der Waals surface area contributed by atoms with Crippen LogP contribution >= 0.6 is 11.3 Å². The topological polar surface area (TPSA) is 50.8 Å². The molecule has 0 aromatic carbocycles. The van der Waals surface area contributed by atoms with Crippen LogP contribution in [0.5, 0.6) is 0 Å². The van der Waals surface area contributed by atoms with Crippen molar-refractivity contribution in [2.75, 3.05) is 26.8 Å². The van der Waals surface area contributed by atoms with Gasteiger partial charge in [0.15, 0.2) is 5.79 Å². The van der Waals surface area contributed by atoms with Gasteiger partial charge in [-0.3, -0.25) is 4.79 Å². The highest BCUT2D eigenvalue weighted by atomic mass is 32.1. The second kappa shape index (κ2) is 6.75. The molecule has 2 saturated heterocycles. The first-order valence-electron chi connectivity index (χ1n) is 8.93. The minimum atomic E-state index is -0.364. The zero-order chi connectivity index (χ0) is 16.6. The summed E-state index contributed by atoms with van der Waals surface area (Å²) < 4.78 is 11.8. The molecule has 1 aromatic rings. The number of nitrogens with zero attached hydrogens (tertiary/aromatic N) is 1. The zero-order valence-corrected chi connectivity index (χ0v) is 15.0. The van der Waals surface area contributed by atoms with Crippen LogP contribution in [0.3, 0.4) is 0 Å². The van der Waals surface area contributed by atoms with Gasteiger partial charge >= 0.3 is 0 Å². The average molecular weight is 350 g/mol. The Morgan fingerprint density at radius 2 is 2.29 bits per heavy atom. The number of thiophene rings is 1. The van der Waals surface area contributed by atoms with Crippen LogP contribution in [-0.4, -0.2) is 49.4 Å². The number of carbonyl (C=O) groups excluding carboxylic acids is 1. The molecule has 0 bridgehead atoms. The van der Waals surface area contributed by atoms with Crippen LogP contribution in [0.15, 0.2) is 17.5 Å². The van der Waals surface area contributed by atoms with Crippen LogP contribution in [0.25, 0.3) is 0 Å². The third-order valence-electron chi connectivity index (χ3n) is 5.80. The van der Waals surface area contributed by atoms with E-state index in [4.69, 9.17) is 9.47 Å². The number of ether oxygens (including phenoxy) is 2. The highest BCUT2D eigenvalue weighted by Gasteiger charge is 2.49. The van der Waals surface area contributed by atoms with Crippen molar-refractivity contribution in [2.24, 2.45) is 11.8 Å². The van der Waals surface area contributed by atoms with E-state index in [1.165, 1.54) is 4.88 Å². The Morgan fingerprint density at radius 3 is 3.04 bits per heavy atom. The SMILES string of the molecule is CN1C[C@H](C(=O)NCc2cccs2)C[C@@H]2CC3(CC[C@H]21)OCCO3. The smallest absolute Gasteiger partial charge is 0.224 e. The molecule has 5 nitrogen and oxygen atoms in total. The average Bonchev–Trinajstić information content (AvgIpc) is 3.24. The summed E-state index contributed by atoms with van der Waals surface area (Å²) in [4.78, 5) is 16.2. The van der Waals surface area contributed by atoms with Crippen LogP contribution in [0, 0.1) is 11.8 Å². The molecule has 4 rings (SSSR count). The summed E-state index contributed by atoms with van der Waals surface area (Å²) in [6.07, 6.45) is 3.95. The van der Waals surface area contributed by atoms with E-state index in [-0.39, 0.29) is 17.6 Å². The number of hydrogen-bond acceptors (Lipinski definition) is 5. The lowest BCUT2D eigenvalue weighted by Gasteiger charge is -2.49. The van der Waals surface area contributed by atoms with Crippen molar-refractivity contribution < 1.29 is 14.3 Å². The van der Waals surface area contributed by atoms with E-state index in [9.17, 15) is 4.79 Å². The van der Waals surface area contributed by atoms with Crippen molar-refractivity contribution in [1.29, 1.82) is 0 Å². The van der Waals surface area contributed by atoms with Crippen molar-refractivity contribution in [2.45, 2.75) is 44.1 Å². The molecule has 1 aliphatic carbocycles. The lowest BCUT2D eigenvalue weighted by molar-refractivity contribution is -0.202. The van der Waals surface area contributed by atoms with Crippen LogP contribution in [0.2, 0.25) is 0 Å². The number of amides is 1. The van der Waals surface area contributed by atoms with Crippen molar-refractivity contribution >= 4 is 17.2 Å². The van der Waals surface area contributed by atoms with Gasteiger partial charge in [0.1, 0.15) is 0 Å². The summed E-state index contributed by atoms with van der Waals surface area (Å²) in [5.74, 6) is 0.361. The van der Waals surface area contributed by atoms with E-state index < -0.39 is 0 Å². The van der Waals surface area contributed by atoms with Gasteiger partial charge in [-0.25, -0.2) is 0 Å². The maximum Gasteiger partial charge on any atom is 0.224 e. The first-order valence-corrected chi connectivity index (χ1v) is 9.81. The molecule has 1 aromatic heterocycles. The predicted molar refractivity (Wildman–Crippen MR) is 92.7 cm³/mol.